The van der Waals surface area contributed by atoms with Gasteiger partial charge < -0.3 is 42.3 Å². The van der Waals surface area contributed by atoms with Crippen molar-refractivity contribution in [2.75, 3.05) is 13.2 Å². The molecule has 7 aromatic rings. The highest BCUT2D eigenvalue weighted by Gasteiger charge is 2.54. The molecule has 388 valence electrons. The van der Waals surface area contributed by atoms with Gasteiger partial charge in [0.15, 0.2) is 18.0 Å². The molecule has 14 heteroatoms. The molecule has 1 aromatic heterocycles. The molecule has 6 aromatic carbocycles. The molecule has 0 saturated carbocycles. The summed E-state index contributed by atoms with van der Waals surface area (Å²) >= 11 is 0. The second-order valence-electron chi connectivity index (χ2n) is 18.0. The van der Waals surface area contributed by atoms with Crippen molar-refractivity contribution in [3.8, 4) is 17.2 Å². The summed E-state index contributed by atoms with van der Waals surface area (Å²) in [6.07, 6.45) is 2.01. The van der Waals surface area contributed by atoms with Crippen molar-refractivity contribution in [3.63, 3.8) is 0 Å². The molecule has 5 atom stereocenters. The average Bonchev–Trinajstić information content (AvgIpc) is 3.45. The minimum absolute atomic E-state index is 0.0432. The van der Waals surface area contributed by atoms with Gasteiger partial charge in [-0.05, 0) is 72.6 Å². The Labute approximate surface area is 435 Å². The molecule has 8 rings (SSSR count). The molecule has 0 bridgehead atoms. The first kappa shape index (κ1) is 53.1. The van der Waals surface area contributed by atoms with Crippen LogP contribution in [0, 0.1) is 0 Å². The van der Waals surface area contributed by atoms with Gasteiger partial charge in [0.1, 0.15) is 30.7 Å². The predicted molar refractivity (Wildman–Crippen MR) is 279 cm³/mol. The lowest BCUT2D eigenvalue weighted by molar-refractivity contribution is -0.275. The van der Waals surface area contributed by atoms with Crippen LogP contribution in [0.15, 0.2) is 179 Å². The Kier molecular flexibility index (Phi) is 19.2. The highest BCUT2D eigenvalue weighted by molar-refractivity contribution is 5.92. The molecule has 0 spiro atoms. The van der Waals surface area contributed by atoms with Gasteiger partial charge in [-0.15, -0.1) is 0 Å². The van der Waals surface area contributed by atoms with Crippen LogP contribution in [-0.2, 0) is 30.3 Å². The molecule has 75 heavy (non-hydrogen) atoms. The fourth-order valence-corrected chi connectivity index (χ4v) is 8.55. The van der Waals surface area contributed by atoms with E-state index in [0.717, 1.165) is 31.2 Å². The zero-order chi connectivity index (χ0) is 52.2. The molecule has 1 fully saturated rings. The summed E-state index contributed by atoms with van der Waals surface area (Å²) in [5.41, 5.74) is 0.756. The summed E-state index contributed by atoms with van der Waals surface area (Å²) < 4.78 is 55.9. The normalized spacial score (nSPS) is 17.1. The van der Waals surface area contributed by atoms with Crippen LogP contribution in [0.2, 0.25) is 0 Å². The number of unbranched alkanes of at least 4 members (excludes halogenated alkanes) is 8. The maximum absolute atomic E-state index is 14.2. The van der Waals surface area contributed by atoms with Gasteiger partial charge in [-0.1, -0.05) is 161 Å². The molecule has 1 aliphatic heterocycles. The number of benzene rings is 6. The van der Waals surface area contributed by atoms with E-state index in [0.29, 0.717) is 5.39 Å². The second-order valence-corrected chi connectivity index (χ2v) is 18.0. The lowest BCUT2D eigenvalue weighted by Crippen LogP contribution is -2.63. The Bertz CT molecular complexity index is 2980. The van der Waals surface area contributed by atoms with Gasteiger partial charge in [0, 0.05) is 6.07 Å². The minimum Gasteiger partial charge on any atom is -0.484 e. The van der Waals surface area contributed by atoms with E-state index >= 15 is 0 Å². The lowest BCUT2D eigenvalue weighted by Gasteiger charge is -2.44. The lowest BCUT2D eigenvalue weighted by atomic mass is 9.97. The van der Waals surface area contributed by atoms with Crippen molar-refractivity contribution in [1.29, 1.82) is 0 Å². The van der Waals surface area contributed by atoms with E-state index in [2.05, 4.69) is 6.92 Å². The van der Waals surface area contributed by atoms with Crippen molar-refractivity contribution < 1.29 is 61.5 Å². The van der Waals surface area contributed by atoms with Crippen LogP contribution in [0.1, 0.15) is 112 Å². The summed E-state index contributed by atoms with van der Waals surface area (Å²) in [5, 5.41) is 0.393. The van der Waals surface area contributed by atoms with Gasteiger partial charge in [-0.2, -0.15) is 0 Å². The predicted octanol–water partition coefficient (Wildman–Crippen LogP) is 11.9. The fourth-order valence-electron chi connectivity index (χ4n) is 8.55. The molecule has 0 aliphatic carbocycles. The van der Waals surface area contributed by atoms with Gasteiger partial charge in [-0.25, -0.2) is 24.0 Å². The van der Waals surface area contributed by atoms with Gasteiger partial charge in [0.05, 0.1) is 34.2 Å². The summed E-state index contributed by atoms with van der Waals surface area (Å²) in [7, 11) is 0. The van der Waals surface area contributed by atoms with E-state index in [1.165, 1.54) is 74.6 Å². The van der Waals surface area contributed by atoms with E-state index in [1.54, 1.807) is 97.1 Å². The number of fused-ring (bicyclic) bond motifs is 1. The first-order valence-electron chi connectivity index (χ1n) is 25.5. The van der Waals surface area contributed by atoms with Gasteiger partial charge in [-0.3, -0.25) is 0 Å². The standard InChI is InChI=1S/C61H60O14/c1-2-3-4-5-6-7-8-9-25-38-67-54-51(68-40-42-26-15-10-16-27-42)48-37-36-47(39-49(48)71-60(54)66)70-61-55(75-59(65)46-34-23-14-24-35-46)53(74-58(64)45-32-21-13-22-33-45)52(73-57(63)44-30-19-12-20-31-44)50(72-61)41-69-56(62)43-28-17-11-18-29-43/h10-24,26-37,39,50,52-53,55,61H,2-9,25,38,40-41H2,1H3/t50-,52+,53+,55-,61-/m1/s1. The Hall–Kier alpha value is -8.23. The number of carbonyl (C=O) groups excluding carboxylic acids is 4. The van der Waals surface area contributed by atoms with E-state index in [-0.39, 0.29) is 58.3 Å². The van der Waals surface area contributed by atoms with Gasteiger partial charge >= 0.3 is 29.5 Å². The van der Waals surface area contributed by atoms with Crippen molar-refractivity contribution in [2.24, 2.45) is 0 Å². The highest BCUT2D eigenvalue weighted by atomic mass is 16.7. The van der Waals surface area contributed by atoms with Crippen LogP contribution < -0.4 is 19.8 Å². The Balaban J connectivity index is 1.14. The molecule has 0 radical (unpaired) electrons. The number of ether oxygens (including phenoxy) is 8. The first-order chi connectivity index (χ1) is 36.7. The molecule has 1 saturated heterocycles. The van der Waals surface area contributed by atoms with Crippen LogP contribution in [0.3, 0.4) is 0 Å². The summed E-state index contributed by atoms with van der Waals surface area (Å²) in [4.78, 5) is 69.6. The van der Waals surface area contributed by atoms with Crippen LogP contribution >= 0.6 is 0 Å². The molecule has 14 nitrogen and oxygen atoms in total. The van der Waals surface area contributed by atoms with E-state index in [9.17, 15) is 24.0 Å². The molecular formula is C61H60O14. The number of carbonyl (C=O) groups is 4. The van der Waals surface area contributed by atoms with Gasteiger partial charge in [0.25, 0.3) is 0 Å². The zero-order valence-electron chi connectivity index (χ0n) is 41.8. The van der Waals surface area contributed by atoms with Crippen molar-refractivity contribution >= 4 is 34.8 Å². The summed E-state index contributed by atoms with van der Waals surface area (Å²) in [5.74, 6) is -3.15. The minimum atomic E-state index is -1.68. The number of rotatable bonds is 25. The quantitative estimate of drug-likeness (QED) is 0.0229. The topological polar surface area (TPSA) is 172 Å². The second kappa shape index (κ2) is 27.2. The molecule has 2 heterocycles. The molecule has 0 amide bonds. The van der Waals surface area contributed by atoms with Crippen LogP contribution in [0.25, 0.3) is 11.0 Å². The SMILES string of the molecule is CCCCCCCCCCCOc1c(OCc2ccccc2)c2ccc(O[C@@H]3O[C@H](COC(=O)c4ccccc4)[C@H](OC(=O)c4ccccc4)[C@H](OC(=O)c4ccccc4)[C@H]3OC(=O)c3ccccc3)cc2oc1=O. The third kappa shape index (κ3) is 14.7. The summed E-state index contributed by atoms with van der Waals surface area (Å²) in [6, 6.07) is 46.5. The maximum atomic E-state index is 14.2. The molecule has 0 unspecified atom stereocenters. The van der Waals surface area contributed by atoms with Crippen LogP contribution in [0.4, 0.5) is 0 Å². The maximum Gasteiger partial charge on any atom is 0.383 e. The first-order valence-corrected chi connectivity index (χ1v) is 25.5. The van der Waals surface area contributed by atoms with Gasteiger partial charge in [0.2, 0.25) is 18.1 Å². The Morgan fingerprint density at radius 2 is 0.973 bits per heavy atom. The third-order valence-electron chi connectivity index (χ3n) is 12.5. The molecule has 1 aliphatic rings. The van der Waals surface area contributed by atoms with Crippen molar-refractivity contribution in [2.45, 2.75) is 102 Å². The van der Waals surface area contributed by atoms with Crippen LogP contribution in [-0.4, -0.2) is 67.8 Å². The molecular weight excluding hydrogens is 957 g/mol. The van der Waals surface area contributed by atoms with Crippen molar-refractivity contribution in [1.82, 2.24) is 0 Å². The van der Waals surface area contributed by atoms with Crippen molar-refractivity contribution in [3.05, 3.63) is 208 Å². The summed E-state index contributed by atoms with van der Waals surface area (Å²) in [6.45, 7) is 2.04. The van der Waals surface area contributed by atoms with E-state index in [4.69, 9.17) is 42.3 Å². The number of esters is 4. The van der Waals surface area contributed by atoms with Crippen LogP contribution in [0.5, 0.6) is 17.2 Å². The highest BCUT2D eigenvalue weighted by Crippen LogP contribution is 2.38. The Morgan fingerprint density at radius 1 is 0.493 bits per heavy atom. The largest absolute Gasteiger partial charge is 0.484 e. The monoisotopic (exact) mass is 1020 g/mol. The molecule has 0 N–H and O–H groups in total. The Morgan fingerprint density at radius 3 is 1.52 bits per heavy atom. The average molecular weight is 1020 g/mol. The smallest absolute Gasteiger partial charge is 0.383 e. The third-order valence-corrected chi connectivity index (χ3v) is 12.5. The van der Waals surface area contributed by atoms with E-state index < -0.39 is 66.8 Å². The zero-order valence-corrected chi connectivity index (χ0v) is 41.8. The van der Waals surface area contributed by atoms with E-state index in [1.807, 2.05) is 30.3 Å². The number of hydrogen-bond donors (Lipinski definition) is 0. The fraction of sp³-hybridized carbons (Fsp3) is 0.295. The number of hydrogen-bond acceptors (Lipinski definition) is 14.